The highest BCUT2D eigenvalue weighted by atomic mass is 19.1. The van der Waals surface area contributed by atoms with E-state index in [0.29, 0.717) is 30.2 Å². The molecule has 0 heterocycles. The Labute approximate surface area is 146 Å². The summed E-state index contributed by atoms with van der Waals surface area (Å²) in [6, 6.07) is 11.2. The third-order valence-electron chi connectivity index (χ3n) is 3.58. The number of halogens is 1. The number of para-hydroxylation sites is 1. The molecule has 0 saturated carbocycles. The van der Waals surface area contributed by atoms with Gasteiger partial charge in [0.15, 0.2) is 23.1 Å². The Morgan fingerprint density at radius 1 is 1.08 bits per heavy atom. The minimum Gasteiger partial charge on any atom is -0.493 e. The maximum absolute atomic E-state index is 13.5. The molecule has 0 aliphatic heterocycles. The molecule has 0 aromatic heterocycles. The molecule has 0 saturated heterocycles. The van der Waals surface area contributed by atoms with E-state index in [2.05, 4.69) is 0 Å². The van der Waals surface area contributed by atoms with Crippen molar-refractivity contribution in [3.8, 4) is 17.2 Å². The first-order valence-corrected chi connectivity index (χ1v) is 8.00. The Kier molecular flexibility index (Phi) is 6.62. The van der Waals surface area contributed by atoms with Crippen LogP contribution < -0.4 is 14.2 Å². The Bertz CT molecular complexity index is 720. The summed E-state index contributed by atoms with van der Waals surface area (Å²) >= 11 is 0. The second kappa shape index (κ2) is 8.92. The molecule has 0 N–H and O–H groups in total. The van der Waals surface area contributed by atoms with Gasteiger partial charge in [-0.2, -0.15) is 0 Å². The van der Waals surface area contributed by atoms with Crippen LogP contribution in [0.1, 0.15) is 17.3 Å². The Morgan fingerprint density at radius 2 is 1.84 bits per heavy atom. The van der Waals surface area contributed by atoms with Crippen LogP contribution >= 0.6 is 0 Å². The quantitative estimate of drug-likeness (QED) is 0.734. The number of hydrogen-bond donors (Lipinski definition) is 0. The fraction of sp³-hybridized carbons (Fsp3) is 0.316. The van der Waals surface area contributed by atoms with Gasteiger partial charge in [0.25, 0.3) is 5.91 Å². The van der Waals surface area contributed by atoms with Crippen molar-refractivity contribution in [1.29, 1.82) is 0 Å². The molecular formula is C19H22FNO4. The first kappa shape index (κ1) is 18.6. The fourth-order valence-corrected chi connectivity index (χ4v) is 2.25. The van der Waals surface area contributed by atoms with Gasteiger partial charge in [-0.1, -0.05) is 12.1 Å². The molecule has 25 heavy (non-hydrogen) atoms. The van der Waals surface area contributed by atoms with E-state index in [-0.39, 0.29) is 18.3 Å². The molecule has 0 aliphatic carbocycles. The number of amides is 1. The molecule has 0 spiro atoms. The van der Waals surface area contributed by atoms with E-state index in [1.54, 1.807) is 43.4 Å². The van der Waals surface area contributed by atoms with Crippen LogP contribution in [0.25, 0.3) is 0 Å². The van der Waals surface area contributed by atoms with Crippen molar-refractivity contribution in [3.05, 3.63) is 53.8 Å². The Morgan fingerprint density at radius 3 is 2.52 bits per heavy atom. The summed E-state index contributed by atoms with van der Waals surface area (Å²) in [4.78, 5) is 14.0. The third kappa shape index (κ3) is 4.86. The van der Waals surface area contributed by atoms with Crippen LogP contribution in [0.15, 0.2) is 42.5 Å². The average molecular weight is 347 g/mol. The molecule has 134 valence electrons. The molecule has 0 radical (unpaired) electrons. The normalized spacial score (nSPS) is 10.2. The van der Waals surface area contributed by atoms with Gasteiger partial charge in [-0.15, -0.1) is 0 Å². The zero-order chi connectivity index (χ0) is 18.2. The third-order valence-corrected chi connectivity index (χ3v) is 3.58. The van der Waals surface area contributed by atoms with E-state index in [1.807, 2.05) is 6.92 Å². The van der Waals surface area contributed by atoms with Crippen molar-refractivity contribution < 1.29 is 23.4 Å². The average Bonchev–Trinajstić information content (AvgIpc) is 2.63. The minimum absolute atomic E-state index is 0.172. The molecule has 0 atom stereocenters. The van der Waals surface area contributed by atoms with Crippen LogP contribution in [-0.4, -0.2) is 44.7 Å². The summed E-state index contributed by atoms with van der Waals surface area (Å²) in [6.45, 7) is 2.90. The second-order valence-electron chi connectivity index (χ2n) is 5.30. The molecule has 6 heteroatoms. The van der Waals surface area contributed by atoms with Crippen LogP contribution in [0.5, 0.6) is 17.2 Å². The number of carbonyl (C=O) groups is 1. The lowest BCUT2D eigenvalue weighted by Crippen LogP contribution is -2.31. The highest BCUT2D eigenvalue weighted by molar-refractivity contribution is 5.94. The first-order chi connectivity index (χ1) is 12.1. The van der Waals surface area contributed by atoms with Crippen molar-refractivity contribution in [2.45, 2.75) is 6.92 Å². The molecule has 0 fully saturated rings. The number of carbonyl (C=O) groups excluding carboxylic acids is 1. The van der Waals surface area contributed by atoms with Crippen LogP contribution in [0.4, 0.5) is 4.39 Å². The lowest BCUT2D eigenvalue weighted by Gasteiger charge is -2.18. The molecule has 0 aliphatic rings. The second-order valence-corrected chi connectivity index (χ2v) is 5.30. The molecule has 0 unspecified atom stereocenters. The zero-order valence-electron chi connectivity index (χ0n) is 14.6. The van der Waals surface area contributed by atoms with Gasteiger partial charge >= 0.3 is 0 Å². The lowest BCUT2D eigenvalue weighted by atomic mass is 10.1. The molecule has 1 amide bonds. The number of methoxy groups -OCH3 is 1. The highest BCUT2D eigenvalue weighted by Crippen LogP contribution is 2.28. The van der Waals surface area contributed by atoms with Crippen molar-refractivity contribution in [2.75, 3.05) is 33.9 Å². The number of hydrogen-bond acceptors (Lipinski definition) is 4. The summed E-state index contributed by atoms with van der Waals surface area (Å²) in [5.74, 6) is 0.660. The standard InChI is InChI=1S/C19H22FNO4/c1-4-24-17-10-9-14(13-18(17)23-3)19(22)21(2)11-12-25-16-8-6-5-7-15(16)20/h5-10,13H,4,11-12H2,1-3H3. The van der Waals surface area contributed by atoms with Crippen molar-refractivity contribution in [1.82, 2.24) is 4.90 Å². The number of nitrogens with zero attached hydrogens (tertiary/aromatic N) is 1. The molecular weight excluding hydrogens is 325 g/mol. The maximum Gasteiger partial charge on any atom is 0.253 e. The summed E-state index contributed by atoms with van der Waals surface area (Å²) in [7, 11) is 3.19. The van der Waals surface area contributed by atoms with Gasteiger partial charge in [-0.3, -0.25) is 4.79 Å². The number of benzene rings is 2. The van der Waals surface area contributed by atoms with Crippen molar-refractivity contribution in [3.63, 3.8) is 0 Å². The van der Waals surface area contributed by atoms with E-state index >= 15 is 0 Å². The predicted molar refractivity (Wildman–Crippen MR) is 93.0 cm³/mol. The molecule has 2 aromatic carbocycles. The van der Waals surface area contributed by atoms with E-state index in [9.17, 15) is 9.18 Å². The highest BCUT2D eigenvalue weighted by Gasteiger charge is 2.15. The van der Waals surface area contributed by atoms with E-state index in [1.165, 1.54) is 18.1 Å². The molecule has 0 bridgehead atoms. The largest absolute Gasteiger partial charge is 0.493 e. The monoisotopic (exact) mass is 347 g/mol. The maximum atomic E-state index is 13.5. The van der Waals surface area contributed by atoms with Crippen LogP contribution in [-0.2, 0) is 0 Å². The van der Waals surface area contributed by atoms with Crippen LogP contribution in [0.3, 0.4) is 0 Å². The molecule has 2 aromatic rings. The number of ether oxygens (including phenoxy) is 3. The van der Waals surface area contributed by atoms with Gasteiger partial charge < -0.3 is 19.1 Å². The van der Waals surface area contributed by atoms with Gasteiger partial charge in [0.2, 0.25) is 0 Å². The van der Waals surface area contributed by atoms with Gasteiger partial charge in [0.05, 0.1) is 20.3 Å². The lowest BCUT2D eigenvalue weighted by molar-refractivity contribution is 0.0772. The SMILES string of the molecule is CCOc1ccc(C(=O)N(C)CCOc2ccccc2F)cc1OC. The Balaban J connectivity index is 1.96. The Hall–Kier alpha value is -2.76. The van der Waals surface area contributed by atoms with Crippen molar-refractivity contribution in [2.24, 2.45) is 0 Å². The van der Waals surface area contributed by atoms with E-state index in [4.69, 9.17) is 14.2 Å². The predicted octanol–water partition coefficient (Wildman–Crippen LogP) is 3.38. The van der Waals surface area contributed by atoms with Gasteiger partial charge in [-0.05, 0) is 37.3 Å². The summed E-state index contributed by atoms with van der Waals surface area (Å²) in [5, 5.41) is 0. The first-order valence-electron chi connectivity index (χ1n) is 8.00. The summed E-state index contributed by atoms with van der Waals surface area (Å²) in [6.07, 6.45) is 0. The van der Waals surface area contributed by atoms with Crippen LogP contribution in [0, 0.1) is 5.82 Å². The smallest absolute Gasteiger partial charge is 0.253 e. The van der Waals surface area contributed by atoms with E-state index in [0.717, 1.165) is 0 Å². The van der Waals surface area contributed by atoms with Gasteiger partial charge in [0.1, 0.15) is 6.61 Å². The summed E-state index contributed by atoms with van der Waals surface area (Å²) in [5.41, 5.74) is 0.480. The van der Waals surface area contributed by atoms with Gasteiger partial charge in [-0.25, -0.2) is 4.39 Å². The summed E-state index contributed by atoms with van der Waals surface area (Å²) < 4.78 is 29.6. The topological polar surface area (TPSA) is 48.0 Å². The minimum atomic E-state index is -0.423. The fourth-order valence-electron chi connectivity index (χ4n) is 2.25. The number of rotatable bonds is 8. The molecule has 2 rings (SSSR count). The van der Waals surface area contributed by atoms with E-state index < -0.39 is 5.82 Å². The van der Waals surface area contributed by atoms with Gasteiger partial charge in [0, 0.05) is 12.6 Å². The molecule has 5 nitrogen and oxygen atoms in total. The zero-order valence-corrected chi connectivity index (χ0v) is 14.6. The van der Waals surface area contributed by atoms with Crippen LogP contribution in [0.2, 0.25) is 0 Å². The van der Waals surface area contributed by atoms with Crippen molar-refractivity contribution >= 4 is 5.91 Å². The number of likely N-dealkylation sites (N-methyl/N-ethyl adjacent to an activating group) is 1.